The molecule has 2 aliphatic rings. The fraction of sp³-hybridized carbons (Fsp3) is 0.0667. The summed E-state index contributed by atoms with van der Waals surface area (Å²) in [5.41, 5.74) is 4.78. The molecule has 4 aromatic rings. The molecule has 2 heterocycles. The Bertz CT molecular complexity index is 1400. The summed E-state index contributed by atoms with van der Waals surface area (Å²) in [7, 11) is 0. The second-order valence-electron chi connectivity index (χ2n) is 8.62. The molecule has 0 spiro atoms. The van der Waals surface area contributed by atoms with Crippen LogP contribution in [0.1, 0.15) is 31.8 Å². The first kappa shape index (κ1) is 21.7. The average Bonchev–Trinajstić information content (AvgIpc) is 3.43. The lowest BCUT2D eigenvalue weighted by atomic mass is 10.1. The van der Waals surface area contributed by atoms with E-state index in [1.807, 2.05) is 72.8 Å². The highest BCUT2D eigenvalue weighted by molar-refractivity contribution is 6.27. The summed E-state index contributed by atoms with van der Waals surface area (Å²) in [5, 5.41) is 6.23. The zero-order chi connectivity index (χ0) is 24.5. The maximum atomic E-state index is 13.2. The monoisotopic (exact) mass is 474 g/mol. The van der Waals surface area contributed by atoms with Crippen LogP contribution in [0.4, 0.5) is 11.4 Å². The summed E-state index contributed by atoms with van der Waals surface area (Å²) in [6, 6.07) is 30.3. The summed E-state index contributed by atoms with van der Waals surface area (Å²) in [4.78, 5) is 26.5. The highest BCUT2D eigenvalue weighted by atomic mass is 16.5. The number of ketones is 2. The molecule has 0 amide bonds. The third-order valence-electron chi connectivity index (χ3n) is 6.19. The maximum absolute atomic E-state index is 13.2. The highest BCUT2D eigenvalue weighted by Gasteiger charge is 2.35. The Hall–Kier alpha value is -4.84. The van der Waals surface area contributed by atoms with E-state index in [4.69, 9.17) is 9.47 Å². The van der Waals surface area contributed by atoms with Gasteiger partial charge in [0.2, 0.25) is 11.6 Å². The van der Waals surface area contributed by atoms with Gasteiger partial charge < -0.3 is 20.1 Å². The number of nitrogens with one attached hydrogen (secondary N) is 2. The molecule has 0 saturated heterocycles. The molecule has 2 aliphatic heterocycles. The third kappa shape index (κ3) is 4.09. The standard InChI is InChI=1S/C30H22N2O4/c33-29-23-15-21(35-17-19-7-3-1-4-8-19)11-13-25(23)31-27(29)28-30(34)24-16-22(12-14-26(24)32-28)36-18-20-9-5-2-6-10-20/h1-16,31-32H,17-18H2/b28-27+. The molecule has 0 atom stereocenters. The number of anilines is 2. The Morgan fingerprint density at radius 3 is 1.36 bits per heavy atom. The topological polar surface area (TPSA) is 76.7 Å². The van der Waals surface area contributed by atoms with Crippen molar-refractivity contribution in [2.75, 3.05) is 10.6 Å². The summed E-state index contributed by atoms with van der Waals surface area (Å²) in [5.74, 6) is 0.681. The molecular formula is C30H22N2O4. The van der Waals surface area contributed by atoms with E-state index in [-0.39, 0.29) is 23.0 Å². The van der Waals surface area contributed by atoms with Crippen molar-refractivity contribution in [2.24, 2.45) is 0 Å². The number of Topliss-reactive ketones (excluding diaryl/α,β-unsaturated/α-hetero) is 2. The molecule has 176 valence electrons. The second kappa shape index (κ2) is 9.07. The van der Waals surface area contributed by atoms with Crippen LogP contribution in [0.5, 0.6) is 11.5 Å². The van der Waals surface area contributed by atoms with Crippen molar-refractivity contribution in [3.05, 3.63) is 131 Å². The van der Waals surface area contributed by atoms with Crippen LogP contribution < -0.4 is 20.1 Å². The van der Waals surface area contributed by atoms with Gasteiger partial charge in [0.15, 0.2) is 0 Å². The predicted molar refractivity (Wildman–Crippen MR) is 137 cm³/mol. The van der Waals surface area contributed by atoms with Crippen molar-refractivity contribution in [3.63, 3.8) is 0 Å². The summed E-state index contributed by atoms with van der Waals surface area (Å²) in [6.45, 7) is 0.804. The molecule has 0 unspecified atom stereocenters. The molecule has 4 aromatic carbocycles. The van der Waals surface area contributed by atoms with Crippen LogP contribution >= 0.6 is 0 Å². The van der Waals surface area contributed by atoms with Gasteiger partial charge in [-0.05, 0) is 47.5 Å². The van der Waals surface area contributed by atoms with E-state index in [9.17, 15) is 9.59 Å². The van der Waals surface area contributed by atoms with E-state index in [2.05, 4.69) is 10.6 Å². The summed E-state index contributed by atoms with van der Waals surface area (Å²) < 4.78 is 11.7. The lowest BCUT2D eigenvalue weighted by molar-refractivity contribution is 0.101. The lowest BCUT2D eigenvalue weighted by Crippen LogP contribution is -2.13. The van der Waals surface area contributed by atoms with Crippen molar-refractivity contribution in [1.82, 2.24) is 0 Å². The first-order valence-corrected chi connectivity index (χ1v) is 11.6. The van der Waals surface area contributed by atoms with E-state index in [0.717, 1.165) is 11.1 Å². The molecule has 6 nitrogen and oxygen atoms in total. The molecule has 0 bridgehead atoms. The number of allylic oxidation sites excluding steroid dienone is 2. The zero-order valence-electron chi connectivity index (χ0n) is 19.3. The van der Waals surface area contributed by atoms with Crippen LogP contribution in [-0.2, 0) is 13.2 Å². The highest BCUT2D eigenvalue weighted by Crippen LogP contribution is 2.38. The van der Waals surface area contributed by atoms with Crippen molar-refractivity contribution in [2.45, 2.75) is 13.2 Å². The van der Waals surface area contributed by atoms with Gasteiger partial charge in [0.05, 0.1) is 22.5 Å². The van der Waals surface area contributed by atoms with Gasteiger partial charge in [0.25, 0.3) is 0 Å². The Morgan fingerprint density at radius 2 is 0.944 bits per heavy atom. The molecule has 36 heavy (non-hydrogen) atoms. The van der Waals surface area contributed by atoms with Crippen LogP contribution in [-0.4, -0.2) is 11.6 Å². The number of carbonyl (C=O) groups excluding carboxylic acids is 2. The van der Waals surface area contributed by atoms with Gasteiger partial charge in [-0.25, -0.2) is 0 Å². The average molecular weight is 475 g/mol. The number of hydrogen-bond acceptors (Lipinski definition) is 6. The van der Waals surface area contributed by atoms with Gasteiger partial charge in [0, 0.05) is 0 Å². The minimum Gasteiger partial charge on any atom is -0.489 e. The van der Waals surface area contributed by atoms with E-state index < -0.39 is 0 Å². The minimum absolute atomic E-state index is 0.234. The maximum Gasteiger partial charge on any atom is 0.213 e. The van der Waals surface area contributed by atoms with Gasteiger partial charge in [0.1, 0.15) is 36.1 Å². The first-order chi connectivity index (χ1) is 17.7. The van der Waals surface area contributed by atoms with Crippen LogP contribution in [0.25, 0.3) is 0 Å². The Balaban J connectivity index is 1.20. The van der Waals surface area contributed by atoms with E-state index in [0.29, 0.717) is 47.2 Å². The molecule has 0 aromatic heterocycles. The number of ether oxygens (including phenoxy) is 2. The summed E-state index contributed by atoms with van der Waals surface area (Å²) >= 11 is 0. The van der Waals surface area contributed by atoms with Crippen molar-refractivity contribution in [3.8, 4) is 11.5 Å². The largest absolute Gasteiger partial charge is 0.489 e. The quantitative estimate of drug-likeness (QED) is 0.335. The molecule has 0 fully saturated rings. The Labute approximate surface area is 208 Å². The molecule has 2 N–H and O–H groups in total. The van der Waals surface area contributed by atoms with Gasteiger partial charge in [-0.1, -0.05) is 60.7 Å². The Kier molecular flexibility index (Phi) is 5.46. The number of hydrogen-bond donors (Lipinski definition) is 2. The molecule has 0 saturated carbocycles. The predicted octanol–water partition coefficient (Wildman–Crippen LogP) is 5.97. The van der Waals surface area contributed by atoms with Crippen LogP contribution in [0.15, 0.2) is 108 Å². The number of benzene rings is 4. The van der Waals surface area contributed by atoms with Crippen LogP contribution in [0.2, 0.25) is 0 Å². The van der Waals surface area contributed by atoms with Crippen LogP contribution in [0.3, 0.4) is 0 Å². The van der Waals surface area contributed by atoms with E-state index in [1.54, 1.807) is 24.3 Å². The molecule has 6 rings (SSSR count). The normalized spacial score (nSPS) is 15.7. The lowest BCUT2D eigenvalue weighted by Gasteiger charge is -2.07. The molecule has 0 radical (unpaired) electrons. The van der Waals surface area contributed by atoms with Crippen molar-refractivity contribution in [1.29, 1.82) is 0 Å². The number of carbonyl (C=O) groups is 2. The minimum atomic E-state index is -0.251. The molecule has 0 aliphatic carbocycles. The van der Waals surface area contributed by atoms with Gasteiger partial charge in [-0.3, -0.25) is 9.59 Å². The number of fused-ring (bicyclic) bond motifs is 2. The second-order valence-corrected chi connectivity index (χ2v) is 8.62. The van der Waals surface area contributed by atoms with Crippen LogP contribution in [0, 0.1) is 0 Å². The molecule has 6 heteroatoms. The smallest absolute Gasteiger partial charge is 0.213 e. The third-order valence-corrected chi connectivity index (χ3v) is 6.19. The van der Waals surface area contributed by atoms with Gasteiger partial charge in [-0.15, -0.1) is 0 Å². The zero-order valence-corrected chi connectivity index (χ0v) is 19.3. The van der Waals surface area contributed by atoms with Crippen molar-refractivity contribution < 1.29 is 19.1 Å². The van der Waals surface area contributed by atoms with Crippen molar-refractivity contribution >= 4 is 22.9 Å². The van der Waals surface area contributed by atoms with E-state index >= 15 is 0 Å². The Morgan fingerprint density at radius 1 is 0.528 bits per heavy atom. The van der Waals surface area contributed by atoms with Gasteiger partial charge in [-0.2, -0.15) is 0 Å². The number of rotatable bonds is 6. The molecular weight excluding hydrogens is 452 g/mol. The fourth-order valence-corrected chi connectivity index (χ4v) is 4.31. The SMILES string of the molecule is O=C1/C(=C2\Nc3ccc(OCc4ccccc4)cc3C2=O)Nc2ccc(OCc3ccccc3)cc21. The van der Waals surface area contributed by atoms with Gasteiger partial charge >= 0.3 is 0 Å². The fourth-order valence-electron chi connectivity index (χ4n) is 4.31. The summed E-state index contributed by atoms with van der Waals surface area (Å²) in [6.07, 6.45) is 0. The van der Waals surface area contributed by atoms with E-state index in [1.165, 1.54) is 0 Å². The first-order valence-electron chi connectivity index (χ1n) is 11.6.